The molecule has 0 aromatic heterocycles. The molecule has 11 heteroatoms. The summed E-state index contributed by atoms with van der Waals surface area (Å²) in [5.74, 6) is 0.170. The number of para-hydroxylation sites is 1. The zero-order valence-electron chi connectivity index (χ0n) is 26.1. The van der Waals surface area contributed by atoms with Crippen LogP contribution in [0.15, 0.2) is 102 Å². The fourth-order valence-electron chi connectivity index (χ4n) is 4.80. The van der Waals surface area contributed by atoms with Gasteiger partial charge >= 0.3 is 0 Å². The Kier molecular flexibility index (Phi) is 11.7. The van der Waals surface area contributed by atoms with E-state index in [9.17, 15) is 18.0 Å². The van der Waals surface area contributed by atoms with Crippen LogP contribution in [0.4, 0.5) is 5.69 Å². The van der Waals surface area contributed by atoms with Crippen molar-refractivity contribution in [2.45, 2.75) is 57.6 Å². The number of rotatable bonds is 13. The van der Waals surface area contributed by atoms with Crippen LogP contribution in [0.25, 0.3) is 0 Å². The van der Waals surface area contributed by atoms with E-state index in [0.717, 1.165) is 9.87 Å². The second-order valence-corrected chi connectivity index (χ2v) is 13.8. The highest BCUT2D eigenvalue weighted by atomic mass is 35.5. The number of hydrogen-bond acceptors (Lipinski definition) is 5. The molecule has 0 saturated heterocycles. The monoisotopic (exact) mass is 681 g/mol. The maximum Gasteiger partial charge on any atom is 0.264 e. The number of halogens is 2. The molecule has 2 amide bonds. The fourth-order valence-corrected chi connectivity index (χ4v) is 6.69. The molecule has 0 heterocycles. The molecule has 0 unspecified atom stereocenters. The summed E-state index contributed by atoms with van der Waals surface area (Å²) in [6, 6.07) is 25.9. The van der Waals surface area contributed by atoms with E-state index in [2.05, 4.69) is 5.32 Å². The summed E-state index contributed by atoms with van der Waals surface area (Å²) in [4.78, 5) is 29.0. The quantitative estimate of drug-likeness (QED) is 0.157. The molecule has 4 aromatic rings. The average molecular weight is 683 g/mol. The van der Waals surface area contributed by atoms with E-state index in [-0.39, 0.29) is 35.5 Å². The van der Waals surface area contributed by atoms with Crippen molar-refractivity contribution in [2.75, 3.05) is 10.8 Å². The molecule has 46 heavy (non-hydrogen) atoms. The number of amides is 2. The van der Waals surface area contributed by atoms with E-state index in [1.807, 2.05) is 51.1 Å². The maximum atomic E-state index is 14.3. The third kappa shape index (κ3) is 8.81. The van der Waals surface area contributed by atoms with E-state index in [4.69, 9.17) is 27.9 Å². The molecule has 0 spiro atoms. The second-order valence-electron chi connectivity index (χ2n) is 11.1. The largest absolute Gasteiger partial charge is 0.457 e. The van der Waals surface area contributed by atoms with Crippen LogP contribution >= 0.6 is 23.2 Å². The van der Waals surface area contributed by atoms with Gasteiger partial charge in [0, 0.05) is 22.6 Å². The van der Waals surface area contributed by atoms with Gasteiger partial charge in [0.2, 0.25) is 11.8 Å². The minimum Gasteiger partial charge on any atom is -0.457 e. The maximum absolute atomic E-state index is 14.3. The molecule has 0 radical (unpaired) electrons. The lowest BCUT2D eigenvalue weighted by atomic mass is 10.1. The van der Waals surface area contributed by atoms with Gasteiger partial charge < -0.3 is 15.0 Å². The van der Waals surface area contributed by atoms with Crippen molar-refractivity contribution >= 4 is 50.7 Å². The molecule has 0 aliphatic rings. The number of ether oxygens (including phenoxy) is 1. The van der Waals surface area contributed by atoms with Crippen molar-refractivity contribution in [3.8, 4) is 11.5 Å². The number of nitrogens with one attached hydrogen (secondary N) is 1. The van der Waals surface area contributed by atoms with Gasteiger partial charge in [-0.2, -0.15) is 0 Å². The number of anilines is 1. The minimum absolute atomic E-state index is 0.0207. The van der Waals surface area contributed by atoms with Gasteiger partial charge in [-0.25, -0.2) is 8.42 Å². The summed E-state index contributed by atoms with van der Waals surface area (Å²) >= 11 is 12.6. The number of benzene rings is 4. The van der Waals surface area contributed by atoms with Crippen LogP contribution in [-0.4, -0.2) is 43.8 Å². The molecule has 0 saturated carbocycles. The van der Waals surface area contributed by atoms with Gasteiger partial charge in [-0.3, -0.25) is 13.9 Å². The van der Waals surface area contributed by atoms with Gasteiger partial charge in [-0.1, -0.05) is 72.1 Å². The molecule has 242 valence electrons. The Morgan fingerprint density at radius 2 is 1.50 bits per heavy atom. The number of sulfonamides is 1. The minimum atomic E-state index is -4.23. The van der Waals surface area contributed by atoms with Crippen LogP contribution < -0.4 is 14.4 Å². The van der Waals surface area contributed by atoms with Gasteiger partial charge in [-0.15, -0.1) is 0 Å². The third-order valence-electron chi connectivity index (χ3n) is 7.16. The lowest BCUT2D eigenvalue weighted by Crippen LogP contribution is -2.53. The average Bonchev–Trinajstić information content (AvgIpc) is 3.01. The topological polar surface area (TPSA) is 96.0 Å². The Hall–Kier alpha value is -4.05. The number of hydrogen-bond donors (Lipinski definition) is 1. The standard InChI is InChI=1S/C35H37Cl2N3O5S/c1-5-33(35(42)38-24(2)3)39(22-26-13-14-27(36)21-32(26)37)34(41)23-40(46(43,44)31-19-11-25(4)12-20-31)28-15-17-30(18-16-28)45-29-9-7-6-8-10-29/h6-21,24,33H,5,22-23H2,1-4H3,(H,38,42)/t33-/m1/s1. The summed E-state index contributed by atoms with van der Waals surface area (Å²) < 4.78 is 35.3. The van der Waals surface area contributed by atoms with Gasteiger partial charge in [0.25, 0.3) is 10.0 Å². The molecule has 0 aliphatic carbocycles. The van der Waals surface area contributed by atoms with Crippen LogP contribution in [0.3, 0.4) is 0 Å². The fraction of sp³-hybridized carbons (Fsp3) is 0.257. The number of carbonyl (C=O) groups is 2. The first-order chi connectivity index (χ1) is 21.9. The molecule has 0 fully saturated rings. The zero-order chi connectivity index (χ0) is 33.4. The van der Waals surface area contributed by atoms with E-state index >= 15 is 0 Å². The van der Waals surface area contributed by atoms with E-state index < -0.39 is 28.5 Å². The summed E-state index contributed by atoms with van der Waals surface area (Å²) in [5.41, 5.74) is 1.70. The van der Waals surface area contributed by atoms with Crippen molar-refractivity contribution in [3.05, 3.63) is 118 Å². The van der Waals surface area contributed by atoms with Crippen LogP contribution in [0.5, 0.6) is 11.5 Å². The first-order valence-electron chi connectivity index (χ1n) is 14.8. The molecular weight excluding hydrogens is 645 g/mol. The second kappa shape index (κ2) is 15.5. The molecule has 0 bridgehead atoms. The number of carbonyl (C=O) groups excluding carboxylic acids is 2. The third-order valence-corrected chi connectivity index (χ3v) is 9.54. The van der Waals surface area contributed by atoms with Crippen LogP contribution in [0.2, 0.25) is 10.0 Å². The van der Waals surface area contributed by atoms with Gasteiger partial charge in [0.05, 0.1) is 10.6 Å². The predicted octanol–water partition coefficient (Wildman–Crippen LogP) is 7.62. The molecule has 8 nitrogen and oxygen atoms in total. The van der Waals surface area contributed by atoms with E-state index in [0.29, 0.717) is 27.1 Å². The van der Waals surface area contributed by atoms with E-state index in [1.54, 1.807) is 61.5 Å². The molecule has 1 atom stereocenters. The Balaban J connectivity index is 1.74. The van der Waals surface area contributed by atoms with Crippen LogP contribution in [-0.2, 0) is 26.2 Å². The van der Waals surface area contributed by atoms with Crippen LogP contribution in [0.1, 0.15) is 38.3 Å². The summed E-state index contributed by atoms with van der Waals surface area (Å²) in [7, 11) is -4.23. The van der Waals surface area contributed by atoms with Crippen molar-refractivity contribution in [2.24, 2.45) is 0 Å². The normalized spacial score (nSPS) is 12.0. The SMILES string of the molecule is CC[C@H](C(=O)NC(C)C)N(Cc1ccc(Cl)cc1Cl)C(=O)CN(c1ccc(Oc2ccccc2)cc1)S(=O)(=O)c1ccc(C)cc1. The lowest BCUT2D eigenvalue weighted by Gasteiger charge is -2.33. The highest BCUT2D eigenvalue weighted by Crippen LogP contribution is 2.29. The highest BCUT2D eigenvalue weighted by Gasteiger charge is 2.34. The lowest BCUT2D eigenvalue weighted by molar-refractivity contribution is -0.140. The Labute approximate surface area is 280 Å². The van der Waals surface area contributed by atoms with E-state index in [1.165, 1.54) is 17.0 Å². The van der Waals surface area contributed by atoms with Crippen molar-refractivity contribution in [1.82, 2.24) is 10.2 Å². The molecule has 1 N–H and O–H groups in total. The Morgan fingerprint density at radius 3 is 2.09 bits per heavy atom. The first kappa shape index (κ1) is 34.8. The summed E-state index contributed by atoms with van der Waals surface area (Å²) in [5, 5.41) is 3.62. The van der Waals surface area contributed by atoms with Crippen molar-refractivity contribution in [1.29, 1.82) is 0 Å². The Bertz CT molecular complexity index is 1750. The van der Waals surface area contributed by atoms with Gasteiger partial charge in [0.15, 0.2) is 0 Å². The molecule has 4 aromatic carbocycles. The number of aryl methyl sites for hydroxylation is 1. The predicted molar refractivity (Wildman–Crippen MR) is 183 cm³/mol. The van der Waals surface area contributed by atoms with Crippen LogP contribution in [0, 0.1) is 6.92 Å². The highest BCUT2D eigenvalue weighted by molar-refractivity contribution is 7.92. The van der Waals surface area contributed by atoms with Gasteiger partial charge in [0.1, 0.15) is 24.1 Å². The smallest absolute Gasteiger partial charge is 0.264 e. The zero-order valence-corrected chi connectivity index (χ0v) is 28.4. The molecule has 0 aliphatic heterocycles. The molecular formula is C35H37Cl2N3O5S. The molecule has 4 rings (SSSR count). The van der Waals surface area contributed by atoms with Crippen molar-refractivity contribution in [3.63, 3.8) is 0 Å². The Morgan fingerprint density at radius 1 is 0.870 bits per heavy atom. The van der Waals surface area contributed by atoms with Gasteiger partial charge in [-0.05, 0) is 93.4 Å². The first-order valence-corrected chi connectivity index (χ1v) is 17.0. The summed E-state index contributed by atoms with van der Waals surface area (Å²) in [6.07, 6.45) is 0.283. The number of nitrogens with zero attached hydrogens (tertiary/aromatic N) is 2. The summed E-state index contributed by atoms with van der Waals surface area (Å²) in [6.45, 7) is 6.69. The van der Waals surface area contributed by atoms with Crippen molar-refractivity contribution < 1.29 is 22.7 Å².